The molecule has 1 heterocycles. The Morgan fingerprint density at radius 1 is 1.22 bits per heavy atom. The SMILES string of the molecule is CC1(CN)CCN(CCOC2CCCCCC2)C1. The molecular formula is C15H30N2O. The lowest BCUT2D eigenvalue weighted by molar-refractivity contribution is 0.0308. The predicted molar refractivity (Wildman–Crippen MR) is 75.7 cm³/mol. The van der Waals surface area contributed by atoms with Gasteiger partial charge in [-0.2, -0.15) is 0 Å². The van der Waals surface area contributed by atoms with Crippen molar-refractivity contribution >= 4 is 0 Å². The van der Waals surface area contributed by atoms with Crippen LogP contribution in [0.1, 0.15) is 51.9 Å². The summed E-state index contributed by atoms with van der Waals surface area (Å²) >= 11 is 0. The molecule has 1 saturated carbocycles. The van der Waals surface area contributed by atoms with Crippen LogP contribution in [0.25, 0.3) is 0 Å². The van der Waals surface area contributed by atoms with E-state index in [-0.39, 0.29) is 0 Å². The Labute approximate surface area is 112 Å². The van der Waals surface area contributed by atoms with Crippen LogP contribution in [0.4, 0.5) is 0 Å². The highest BCUT2D eigenvalue weighted by Gasteiger charge is 2.32. The number of ether oxygens (including phenoxy) is 1. The van der Waals surface area contributed by atoms with Gasteiger partial charge in [0.05, 0.1) is 12.7 Å². The van der Waals surface area contributed by atoms with Gasteiger partial charge in [-0.25, -0.2) is 0 Å². The molecule has 106 valence electrons. The average molecular weight is 254 g/mol. The van der Waals surface area contributed by atoms with E-state index in [9.17, 15) is 0 Å². The van der Waals surface area contributed by atoms with Gasteiger partial charge in [-0.1, -0.05) is 32.6 Å². The zero-order valence-corrected chi connectivity index (χ0v) is 12.0. The fourth-order valence-corrected chi connectivity index (χ4v) is 3.24. The van der Waals surface area contributed by atoms with Gasteiger partial charge in [0, 0.05) is 13.1 Å². The summed E-state index contributed by atoms with van der Waals surface area (Å²) in [5.41, 5.74) is 6.18. The monoisotopic (exact) mass is 254 g/mol. The van der Waals surface area contributed by atoms with E-state index in [0.29, 0.717) is 11.5 Å². The van der Waals surface area contributed by atoms with Gasteiger partial charge in [-0.05, 0) is 37.8 Å². The number of nitrogens with two attached hydrogens (primary N) is 1. The first-order chi connectivity index (χ1) is 8.72. The van der Waals surface area contributed by atoms with Gasteiger partial charge in [0.15, 0.2) is 0 Å². The molecule has 0 aromatic rings. The van der Waals surface area contributed by atoms with Crippen molar-refractivity contribution in [3.63, 3.8) is 0 Å². The third-order valence-corrected chi connectivity index (χ3v) is 4.69. The zero-order chi connectivity index (χ0) is 12.8. The molecular weight excluding hydrogens is 224 g/mol. The van der Waals surface area contributed by atoms with Crippen molar-refractivity contribution in [1.29, 1.82) is 0 Å². The summed E-state index contributed by atoms with van der Waals surface area (Å²) in [7, 11) is 0. The van der Waals surface area contributed by atoms with Crippen LogP contribution >= 0.6 is 0 Å². The van der Waals surface area contributed by atoms with Crippen LogP contribution in [0.15, 0.2) is 0 Å². The summed E-state index contributed by atoms with van der Waals surface area (Å²) < 4.78 is 6.05. The third kappa shape index (κ3) is 4.22. The molecule has 3 nitrogen and oxygen atoms in total. The summed E-state index contributed by atoms with van der Waals surface area (Å²) in [6.45, 7) is 7.46. The maximum absolute atomic E-state index is 6.05. The zero-order valence-electron chi connectivity index (χ0n) is 12.0. The maximum Gasteiger partial charge on any atom is 0.0597 e. The Morgan fingerprint density at radius 3 is 2.56 bits per heavy atom. The topological polar surface area (TPSA) is 38.5 Å². The van der Waals surface area contributed by atoms with Crippen LogP contribution in [0, 0.1) is 5.41 Å². The Morgan fingerprint density at radius 2 is 1.94 bits per heavy atom. The van der Waals surface area contributed by atoms with Crippen LogP contribution in [-0.4, -0.2) is 43.8 Å². The van der Waals surface area contributed by atoms with E-state index >= 15 is 0 Å². The fraction of sp³-hybridized carbons (Fsp3) is 1.00. The first-order valence-electron chi connectivity index (χ1n) is 7.76. The molecule has 0 radical (unpaired) electrons. The summed E-state index contributed by atoms with van der Waals surface area (Å²) in [5, 5.41) is 0. The minimum Gasteiger partial charge on any atom is -0.377 e. The molecule has 1 aliphatic carbocycles. The van der Waals surface area contributed by atoms with Crippen molar-refractivity contribution in [3.05, 3.63) is 0 Å². The quantitative estimate of drug-likeness (QED) is 0.766. The lowest BCUT2D eigenvalue weighted by atomic mass is 9.90. The molecule has 1 aliphatic heterocycles. The number of likely N-dealkylation sites (tertiary alicyclic amines) is 1. The van der Waals surface area contributed by atoms with E-state index in [0.717, 1.165) is 26.2 Å². The summed E-state index contributed by atoms with van der Waals surface area (Å²) in [6, 6.07) is 0. The number of hydrogen-bond donors (Lipinski definition) is 1. The Kier molecular flexibility index (Phi) is 5.46. The third-order valence-electron chi connectivity index (χ3n) is 4.69. The summed E-state index contributed by atoms with van der Waals surface area (Å²) in [4.78, 5) is 2.52. The lowest BCUT2D eigenvalue weighted by Crippen LogP contribution is -2.33. The van der Waals surface area contributed by atoms with E-state index in [1.165, 1.54) is 51.5 Å². The van der Waals surface area contributed by atoms with E-state index < -0.39 is 0 Å². The minimum absolute atomic E-state index is 0.350. The Hall–Kier alpha value is -0.120. The smallest absolute Gasteiger partial charge is 0.0597 e. The molecule has 0 spiro atoms. The maximum atomic E-state index is 6.05. The molecule has 1 unspecified atom stereocenters. The van der Waals surface area contributed by atoms with Crippen LogP contribution in [0.2, 0.25) is 0 Å². The molecule has 1 atom stereocenters. The number of nitrogens with zero attached hydrogens (tertiary/aromatic N) is 1. The number of rotatable bonds is 5. The Balaban J connectivity index is 1.61. The molecule has 0 bridgehead atoms. The van der Waals surface area contributed by atoms with E-state index in [4.69, 9.17) is 10.5 Å². The van der Waals surface area contributed by atoms with Gasteiger partial charge in [0.2, 0.25) is 0 Å². The first kappa shape index (κ1) is 14.3. The predicted octanol–water partition coefficient (Wildman–Crippen LogP) is 2.40. The first-order valence-corrected chi connectivity index (χ1v) is 7.76. The van der Waals surface area contributed by atoms with Crippen molar-refractivity contribution in [2.24, 2.45) is 11.1 Å². The molecule has 0 amide bonds. The second kappa shape index (κ2) is 6.88. The molecule has 0 aromatic carbocycles. The summed E-state index contributed by atoms with van der Waals surface area (Å²) in [6.07, 6.45) is 9.87. The van der Waals surface area contributed by atoms with E-state index in [1.807, 2.05) is 0 Å². The fourth-order valence-electron chi connectivity index (χ4n) is 3.24. The summed E-state index contributed by atoms with van der Waals surface area (Å²) in [5.74, 6) is 0. The van der Waals surface area contributed by atoms with Crippen LogP contribution in [0.5, 0.6) is 0 Å². The highest BCUT2D eigenvalue weighted by Crippen LogP contribution is 2.28. The van der Waals surface area contributed by atoms with Gasteiger partial charge in [0.25, 0.3) is 0 Å². The highest BCUT2D eigenvalue weighted by molar-refractivity contribution is 4.86. The Bertz CT molecular complexity index is 239. The molecule has 2 fully saturated rings. The lowest BCUT2D eigenvalue weighted by Gasteiger charge is -2.23. The van der Waals surface area contributed by atoms with Crippen molar-refractivity contribution in [2.75, 3.05) is 32.8 Å². The molecule has 0 aromatic heterocycles. The molecule has 2 rings (SSSR count). The average Bonchev–Trinajstić information content (AvgIpc) is 2.60. The number of hydrogen-bond acceptors (Lipinski definition) is 3. The van der Waals surface area contributed by atoms with Gasteiger partial charge < -0.3 is 15.4 Å². The van der Waals surface area contributed by atoms with E-state index in [1.54, 1.807) is 0 Å². The van der Waals surface area contributed by atoms with Crippen LogP contribution < -0.4 is 5.73 Å². The van der Waals surface area contributed by atoms with E-state index in [2.05, 4.69) is 11.8 Å². The second-order valence-electron chi connectivity index (χ2n) is 6.53. The van der Waals surface area contributed by atoms with Gasteiger partial charge in [-0.3, -0.25) is 0 Å². The van der Waals surface area contributed by atoms with Crippen molar-refractivity contribution in [2.45, 2.75) is 58.0 Å². The second-order valence-corrected chi connectivity index (χ2v) is 6.53. The van der Waals surface area contributed by atoms with Crippen molar-refractivity contribution < 1.29 is 4.74 Å². The largest absolute Gasteiger partial charge is 0.377 e. The normalized spacial score (nSPS) is 31.7. The molecule has 1 saturated heterocycles. The molecule has 2 N–H and O–H groups in total. The minimum atomic E-state index is 0.350. The molecule has 18 heavy (non-hydrogen) atoms. The van der Waals surface area contributed by atoms with Gasteiger partial charge in [0.1, 0.15) is 0 Å². The molecule has 2 aliphatic rings. The van der Waals surface area contributed by atoms with Crippen LogP contribution in [-0.2, 0) is 4.74 Å². The van der Waals surface area contributed by atoms with Gasteiger partial charge >= 0.3 is 0 Å². The molecule has 3 heteroatoms. The van der Waals surface area contributed by atoms with Gasteiger partial charge in [-0.15, -0.1) is 0 Å². The van der Waals surface area contributed by atoms with Crippen LogP contribution in [0.3, 0.4) is 0 Å². The highest BCUT2D eigenvalue weighted by atomic mass is 16.5. The van der Waals surface area contributed by atoms with Crippen molar-refractivity contribution in [1.82, 2.24) is 4.90 Å². The van der Waals surface area contributed by atoms with Crippen molar-refractivity contribution in [3.8, 4) is 0 Å². The standard InChI is InChI=1S/C15H30N2O/c1-15(12-16)8-9-17(13-15)10-11-18-14-6-4-2-3-5-7-14/h14H,2-13,16H2,1H3.